The maximum atomic E-state index is 13.2. The largest absolute Gasteiger partial charge is 0.295 e. The number of benzene rings is 2. The van der Waals surface area contributed by atoms with Crippen molar-refractivity contribution in [1.29, 1.82) is 0 Å². The van der Waals surface area contributed by atoms with E-state index in [0.717, 1.165) is 13.0 Å². The molecule has 28 heavy (non-hydrogen) atoms. The summed E-state index contributed by atoms with van der Waals surface area (Å²) in [5.74, 6) is -0.0423. The van der Waals surface area contributed by atoms with E-state index in [1.807, 2.05) is 0 Å². The lowest BCUT2D eigenvalue weighted by molar-refractivity contribution is -0.113. The summed E-state index contributed by atoms with van der Waals surface area (Å²) in [7, 11) is 0. The van der Waals surface area contributed by atoms with Gasteiger partial charge in [0.05, 0.1) is 0 Å². The van der Waals surface area contributed by atoms with Gasteiger partial charge in [-0.1, -0.05) is 65.5 Å². The first-order valence-corrected chi connectivity index (χ1v) is 10.5. The van der Waals surface area contributed by atoms with E-state index in [2.05, 4.69) is 11.8 Å². The van der Waals surface area contributed by atoms with Crippen LogP contribution in [0.4, 0.5) is 0 Å². The van der Waals surface area contributed by atoms with Gasteiger partial charge in [0.25, 0.3) is 0 Å². The first kappa shape index (κ1) is 21.4. The van der Waals surface area contributed by atoms with Gasteiger partial charge < -0.3 is 0 Å². The maximum absolute atomic E-state index is 13.2. The Hall–Kier alpha value is -1.29. The highest BCUT2D eigenvalue weighted by molar-refractivity contribution is 6.38. The Balaban J connectivity index is 2.06. The van der Waals surface area contributed by atoms with Crippen LogP contribution in [0.2, 0.25) is 20.1 Å². The Morgan fingerprint density at radius 1 is 0.821 bits per heavy atom. The molecule has 0 amide bonds. The van der Waals surface area contributed by atoms with Gasteiger partial charge in [-0.2, -0.15) is 0 Å². The number of halogens is 4. The molecule has 0 unspecified atom stereocenters. The van der Waals surface area contributed by atoms with Crippen molar-refractivity contribution in [3.8, 4) is 0 Å². The van der Waals surface area contributed by atoms with Crippen molar-refractivity contribution in [2.45, 2.75) is 13.3 Å². The lowest BCUT2D eigenvalue weighted by Gasteiger charge is -2.29. The van der Waals surface area contributed by atoms with Gasteiger partial charge in [-0.15, -0.1) is 0 Å². The van der Waals surface area contributed by atoms with Gasteiger partial charge in [0, 0.05) is 55.5 Å². The van der Waals surface area contributed by atoms with Gasteiger partial charge in [-0.3, -0.25) is 9.69 Å². The van der Waals surface area contributed by atoms with Crippen LogP contribution in [0.15, 0.2) is 47.5 Å². The zero-order valence-corrected chi connectivity index (χ0v) is 18.3. The minimum atomic E-state index is -0.0423. The lowest BCUT2D eigenvalue weighted by atomic mass is 9.94. The average molecular weight is 455 g/mol. The third-order valence-corrected chi connectivity index (χ3v) is 5.87. The van der Waals surface area contributed by atoms with Gasteiger partial charge in [-0.25, -0.2) is 0 Å². The van der Waals surface area contributed by atoms with Crippen LogP contribution in [0.3, 0.4) is 0 Å². The highest BCUT2D eigenvalue weighted by Gasteiger charge is 2.26. The SMILES string of the molecule is CCCN1C/C(=C\c2c(Cl)cccc2Cl)C(=O)/C(=C/c2c(Cl)cccc2Cl)C1. The predicted octanol–water partition coefficient (Wildman–Crippen LogP) is 7.06. The zero-order valence-electron chi connectivity index (χ0n) is 15.3. The molecule has 1 aliphatic rings. The fraction of sp³-hybridized carbons (Fsp3) is 0.227. The van der Waals surface area contributed by atoms with Crippen molar-refractivity contribution in [1.82, 2.24) is 4.90 Å². The lowest BCUT2D eigenvalue weighted by Crippen LogP contribution is -2.38. The van der Waals surface area contributed by atoms with Gasteiger partial charge in [0.1, 0.15) is 0 Å². The Kier molecular flexibility index (Phi) is 7.25. The summed E-state index contributed by atoms with van der Waals surface area (Å²) in [6.07, 6.45) is 4.56. The van der Waals surface area contributed by atoms with Crippen LogP contribution in [0, 0.1) is 0 Å². The number of rotatable bonds is 4. The number of piperidine rings is 1. The zero-order chi connectivity index (χ0) is 20.3. The number of ketones is 1. The fourth-order valence-electron chi connectivity index (χ4n) is 3.23. The second kappa shape index (κ2) is 9.47. The van der Waals surface area contributed by atoms with E-state index in [9.17, 15) is 4.79 Å². The number of carbonyl (C=O) groups excluding carboxylic acids is 1. The number of likely N-dealkylation sites (tertiary alicyclic amines) is 1. The monoisotopic (exact) mass is 453 g/mol. The first-order chi connectivity index (χ1) is 13.4. The molecular weight excluding hydrogens is 436 g/mol. The molecule has 2 aromatic carbocycles. The average Bonchev–Trinajstić information content (AvgIpc) is 2.65. The van der Waals surface area contributed by atoms with Crippen LogP contribution in [-0.4, -0.2) is 30.3 Å². The normalized spacial score (nSPS) is 18.2. The summed E-state index contributed by atoms with van der Waals surface area (Å²) in [5.41, 5.74) is 2.60. The van der Waals surface area contributed by atoms with Crippen LogP contribution >= 0.6 is 46.4 Å². The predicted molar refractivity (Wildman–Crippen MR) is 121 cm³/mol. The second-order valence-corrected chi connectivity index (χ2v) is 8.28. The first-order valence-electron chi connectivity index (χ1n) is 8.97. The Morgan fingerprint density at radius 2 is 1.21 bits per heavy atom. The van der Waals surface area contributed by atoms with Crippen LogP contribution < -0.4 is 0 Å². The molecule has 0 radical (unpaired) electrons. The molecule has 0 bridgehead atoms. The molecule has 2 aromatic rings. The van der Waals surface area contributed by atoms with E-state index in [1.54, 1.807) is 48.6 Å². The minimum Gasteiger partial charge on any atom is -0.295 e. The van der Waals surface area contributed by atoms with Crippen molar-refractivity contribution in [2.24, 2.45) is 0 Å². The van der Waals surface area contributed by atoms with E-state index in [4.69, 9.17) is 46.4 Å². The van der Waals surface area contributed by atoms with Gasteiger partial charge in [0.2, 0.25) is 0 Å². The van der Waals surface area contributed by atoms with Crippen LogP contribution in [-0.2, 0) is 4.79 Å². The molecule has 1 aliphatic heterocycles. The summed E-state index contributed by atoms with van der Waals surface area (Å²) in [5, 5.41) is 2.06. The number of Topliss-reactive ketones (excluding diaryl/α,β-unsaturated/α-hetero) is 1. The van der Waals surface area contributed by atoms with Gasteiger partial charge >= 0.3 is 0 Å². The molecule has 0 atom stereocenters. The van der Waals surface area contributed by atoms with E-state index in [-0.39, 0.29) is 5.78 Å². The topological polar surface area (TPSA) is 20.3 Å². The van der Waals surface area contributed by atoms with E-state index < -0.39 is 0 Å². The van der Waals surface area contributed by atoms with Crippen molar-refractivity contribution < 1.29 is 4.79 Å². The van der Waals surface area contributed by atoms with E-state index in [0.29, 0.717) is 55.5 Å². The van der Waals surface area contributed by atoms with E-state index >= 15 is 0 Å². The second-order valence-electron chi connectivity index (χ2n) is 6.65. The molecule has 0 aromatic heterocycles. The summed E-state index contributed by atoms with van der Waals surface area (Å²) < 4.78 is 0. The number of carbonyl (C=O) groups is 1. The molecule has 0 N–H and O–H groups in total. The van der Waals surface area contributed by atoms with Crippen molar-refractivity contribution >= 4 is 64.3 Å². The third-order valence-electron chi connectivity index (χ3n) is 4.55. The Labute approximate surface area is 185 Å². The molecule has 1 heterocycles. The Bertz CT molecular complexity index is 851. The summed E-state index contributed by atoms with van der Waals surface area (Å²) in [4.78, 5) is 15.4. The summed E-state index contributed by atoms with van der Waals surface area (Å²) >= 11 is 25.2. The standard InChI is InChI=1S/C22H19Cl4NO/c1-2-9-27-12-14(10-16-18(23)5-3-6-19(16)24)22(28)15(13-27)11-17-20(25)7-4-8-21(17)26/h3-8,10-11H,2,9,12-13H2,1H3/b14-10+,15-11+. The summed E-state index contributed by atoms with van der Waals surface area (Å²) in [6.45, 7) is 4.07. The van der Waals surface area contributed by atoms with Crippen LogP contribution in [0.1, 0.15) is 24.5 Å². The van der Waals surface area contributed by atoms with Crippen molar-refractivity contribution in [2.75, 3.05) is 19.6 Å². The van der Waals surface area contributed by atoms with Crippen molar-refractivity contribution in [3.05, 3.63) is 78.8 Å². The van der Waals surface area contributed by atoms with Gasteiger partial charge in [0.15, 0.2) is 5.78 Å². The molecule has 0 spiro atoms. The van der Waals surface area contributed by atoms with Gasteiger partial charge in [-0.05, 0) is 49.4 Å². The van der Waals surface area contributed by atoms with Crippen LogP contribution in [0.25, 0.3) is 12.2 Å². The quantitative estimate of drug-likeness (QED) is 0.460. The van der Waals surface area contributed by atoms with E-state index in [1.165, 1.54) is 0 Å². The summed E-state index contributed by atoms with van der Waals surface area (Å²) in [6, 6.07) is 10.6. The number of hydrogen-bond donors (Lipinski definition) is 0. The maximum Gasteiger partial charge on any atom is 0.187 e. The van der Waals surface area contributed by atoms with Crippen molar-refractivity contribution in [3.63, 3.8) is 0 Å². The fourth-order valence-corrected chi connectivity index (χ4v) is 4.24. The smallest absolute Gasteiger partial charge is 0.187 e. The minimum absolute atomic E-state index is 0.0423. The molecule has 2 nitrogen and oxygen atoms in total. The molecule has 6 heteroatoms. The number of nitrogens with zero attached hydrogens (tertiary/aromatic N) is 1. The van der Waals surface area contributed by atoms with Crippen LogP contribution in [0.5, 0.6) is 0 Å². The molecule has 146 valence electrons. The molecular formula is C22H19Cl4NO. The Morgan fingerprint density at radius 3 is 1.57 bits per heavy atom. The third kappa shape index (κ3) is 4.82. The molecule has 0 saturated carbocycles. The molecule has 1 saturated heterocycles. The highest BCUT2D eigenvalue weighted by atomic mass is 35.5. The molecule has 1 fully saturated rings. The number of hydrogen-bond acceptors (Lipinski definition) is 2. The molecule has 0 aliphatic carbocycles. The highest BCUT2D eigenvalue weighted by Crippen LogP contribution is 2.31. The molecule has 3 rings (SSSR count).